The zero-order chi connectivity index (χ0) is 21.0. The molecule has 0 radical (unpaired) electrons. The molecular weight excluding hydrogens is 435 g/mol. The molecule has 3 amide bonds. The fourth-order valence-corrected chi connectivity index (χ4v) is 3.81. The Morgan fingerprint density at radius 1 is 1.17 bits per heavy atom. The third-order valence-corrected chi connectivity index (χ3v) is 5.22. The number of benzene rings is 2. The van der Waals surface area contributed by atoms with Crippen LogP contribution in [0.3, 0.4) is 0 Å². The molecule has 9 heteroatoms. The Labute approximate surface area is 181 Å². The highest BCUT2D eigenvalue weighted by Gasteiger charge is 2.36. The summed E-state index contributed by atoms with van der Waals surface area (Å²) in [6.45, 7) is 1.88. The fourth-order valence-electron chi connectivity index (χ4n) is 2.61. The van der Waals surface area contributed by atoms with Crippen LogP contribution in [0.25, 0.3) is 6.08 Å². The Hall–Kier alpha value is -2.48. The predicted molar refractivity (Wildman–Crippen MR) is 115 cm³/mol. The summed E-state index contributed by atoms with van der Waals surface area (Å²) >= 11 is 12.7. The lowest BCUT2D eigenvalue weighted by molar-refractivity contribution is -0.127. The Bertz CT molecular complexity index is 1010. The van der Waals surface area contributed by atoms with Crippen LogP contribution in [0.15, 0.2) is 47.4 Å². The van der Waals surface area contributed by atoms with Gasteiger partial charge in [0, 0.05) is 21.3 Å². The summed E-state index contributed by atoms with van der Waals surface area (Å²) in [6, 6.07) is 11.6. The zero-order valence-corrected chi connectivity index (χ0v) is 17.6. The molecule has 1 N–H and O–H groups in total. The number of rotatable bonds is 6. The monoisotopic (exact) mass is 450 g/mol. The van der Waals surface area contributed by atoms with Crippen molar-refractivity contribution in [1.82, 2.24) is 4.90 Å². The largest absolute Gasteiger partial charge is 0.493 e. The third-order valence-electron chi connectivity index (χ3n) is 3.84. The lowest BCUT2D eigenvalue weighted by Gasteiger charge is -2.12. The SMILES string of the molecule is CCOc1ccc(Cl)cc1/C=C1\SC(=O)N(CC(=O)Nc2cccc(Cl)c2)C1=O. The van der Waals surface area contributed by atoms with Gasteiger partial charge in [0.25, 0.3) is 11.1 Å². The van der Waals surface area contributed by atoms with Crippen LogP contribution < -0.4 is 10.1 Å². The van der Waals surface area contributed by atoms with Gasteiger partial charge in [-0.1, -0.05) is 29.3 Å². The van der Waals surface area contributed by atoms with Crippen molar-refractivity contribution in [1.29, 1.82) is 0 Å². The van der Waals surface area contributed by atoms with Gasteiger partial charge in [-0.15, -0.1) is 0 Å². The average Bonchev–Trinajstić information content (AvgIpc) is 2.91. The van der Waals surface area contributed by atoms with Gasteiger partial charge in [-0.2, -0.15) is 0 Å². The van der Waals surface area contributed by atoms with Gasteiger partial charge in [0.1, 0.15) is 12.3 Å². The van der Waals surface area contributed by atoms with E-state index in [2.05, 4.69) is 5.32 Å². The highest BCUT2D eigenvalue weighted by molar-refractivity contribution is 8.18. The van der Waals surface area contributed by atoms with Crippen molar-refractivity contribution >= 4 is 63.8 Å². The molecule has 3 rings (SSSR count). The van der Waals surface area contributed by atoms with E-state index in [9.17, 15) is 14.4 Å². The van der Waals surface area contributed by atoms with Crippen molar-refractivity contribution in [3.05, 3.63) is 63.0 Å². The van der Waals surface area contributed by atoms with Gasteiger partial charge in [-0.25, -0.2) is 0 Å². The van der Waals surface area contributed by atoms with Gasteiger partial charge >= 0.3 is 0 Å². The number of nitrogens with zero attached hydrogens (tertiary/aromatic N) is 1. The molecule has 0 spiro atoms. The molecule has 29 heavy (non-hydrogen) atoms. The van der Waals surface area contributed by atoms with Gasteiger partial charge in [-0.05, 0) is 61.2 Å². The second-order valence-electron chi connectivity index (χ2n) is 5.94. The number of halogens is 2. The highest BCUT2D eigenvalue weighted by atomic mass is 35.5. The smallest absolute Gasteiger partial charge is 0.294 e. The molecule has 1 fully saturated rings. The number of thioether (sulfide) groups is 1. The van der Waals surface area contributed by atoms with E-state index in [1.54, 1.807) is 42.5 Å². The lowest BCUT2D eigenvalue weighted by Crippen LogP contribution is -2.36. The Morgan fingerprint density at radius 3 is 2.66 bits per heavy atom. The van der Waals surface area contributed by atoms with E-state index in [-0.39, 0.29) is 4.91 Å². The maximum Gasteiger partial charge on any atom is 0.294 e. The number of carbonyl (C=O) groups excluding carboxylic acids is 3. The zero-order valence-electron chi connectivity index (χ0n) is 15.3. The minimum Gasteiger partial charge on any atom is -0.493 e. The number of hydrogen-bond donors (Lipinski definition) is 1. The Balaban J connectivity index is 1.75. The molecule has 6 nitrogen and oxygen atoms in total. The number of hydrogen-bond acceptors (Lipinski definition) is 5. The van der Waals surface area contributed by atoms with E-state index < -0.39 is 23.6 Å². The number of carbonyl (C=O) groups is 3. The quantitative estimate of drug-likeness (QED) is 0.621. The number of anilines is 1. The van der Waals surface area contributed by atoms with Crippen LogP contribution in [0.1, 0.15) is 12.5 Å². The molecule has 0 unspecified atom stereocenters. The van der Waals surface area contributed by atoms with Gasteiger partial charge < -0.3 is 10.1 Å². The summed E-state index contributed by atoms with van der Waals surface area (Å²) in [6.07, 6.45) is 1.54. The minimum atomic E-state index is -0.552. The maximum atomic E-state index is 12.7. The van der Waals surface area contributed by atoms with E-state index in [0.29, 0.717) is 33.7 Å². The summed E-state index contributed by atoms with van der Waals surface area (Å²) in [5.74, 6) is -0.514. The van der Waals surface area contributed by atoms with Crippen molar-refractivity contribution in [3.8, 4) is 5.75 Å². The molecule has 0 aliphatic carbocycles. The maximum absolute atomic E-state index is 12.7. The van der Waals surface area contributed by atoms with E-state index in [1.807, 2.05) is 6.92 Å². The van der Waals surface area contributed by atoms with Crippen molar-refractivity contribution in [2.45, 2.75) is 6.92 Å². The van der Waals surface area contributed by atoms with E-state index in [0.717, 1.165) is 16.7 Å². The normalized spacial score (nSPS) is 15.1. The number of amides is 3. The molecular formula is C20H16Cl2N2O4S. The minimum absolute atomic E-state index is 0.189. The molecule has 2 aromatic rings. The van der Waals surface area contributed by atoms with Crippen molar-refractivity contribution in [2.75, 3.05) is 18.5 Å². The lowest BCUT2D eigenvalue weighted by atomic mass is 10.2. The topological polar surface area (TPSA) is 75.7 Å². The molecule has 0 saturated carbocycles. The molecule has 2 aromatic carbocycles. The molecule has 150 valence electrons. The second-order valence-corrected chi connectivity index (χ2v) is 7.81. The molecule has 0 bridgehead atoms. The van der Waals surface area contributed by atoms with Crippen LogP contribution in [0, 0.1) is 0 Å². The average molecular weight is 451 g/mol. The van der Waals surface area contributed by atoms with Crippen LogP contribution in [0.5, 0.6) is 5.75 Å². The van der Waals surface area contributed by atoms with Gasteiger partial charge in [0.15, 0.2) is 0 Å². The standard InChI is InChI=1S/C20H16Cl2N2O4S/c1-2-28-16-7-6-14(22)8-12(16)9-17-19(26)24(20(27)29-17)11-18(25)23-15-5-3-4-13(21)10-15/h3-10H,2,11H2,1H3,(H,23,25)/b17-9-. The first-order valence-electron chi connectivity index (χ1n) is 8.60. The van der Waals surface area contributed by atoms with Crippen LogP contribution in [-0.2, 0) is 9.59 Å². The van der Waals surface area contributed by atoms with Crippen LogP contribution in [-0.4, -0.2) is 35.1 Å². The van der Waals surface area contributed by atoms with Gasteiger partial charge in [0.05, 0.1) is 11.5 Å². The van der Waals surface area contributed by atoms with Crippen molar-refractivity contribution < 1.29 is 19.1 Å². The number of nitrogens with one attached hydrogen (secondary N) is 1. The molecule has 1 aliphatic heterocycles. The van der Waals surface area contributed by atoms with E-state index >= 15 is 0 Å². The first kappa shape index (κ1) is 21.2. The van der Waals surface area contributed by atoms with Gasteiger partial charge in [0.2, 0.25) is 5.91 Å². The number of ether oxygens (including phenoxy) is 1. The summed E-state index contributed by atoms with van der Waals surface area (Å²) in [7, 11) is 0. The summed E-state index contributed by atoms with van der Waals surface area (Å²) in [5, 5.41) is 3.02. The molecule has 1 heterocycles. The van der Waals surface area contributed by atoms with Crippen molar-refractivity contribution in [2.24, 2.45) is 0 Å². The molecule has 0 aromatic heterocycles. The first-order valence-corrected chi connectivity index (χ1v) is 10.2. The van der Waals surface area contributed by atoms with Crippen LogP contribution in [0.4, 0.5) is 10.5 Å². The second kappa shape index (κ2) is 9.35. The van der Waals surface area contributed by atoms with Crippen LogP contribution >= 0.6 is 35.0 Å². The number of imide groups is 1. The van der Waals surface area contributed by atoms with Gasteiger partial charge in [-0.3, -0.25) is 19.3 Å². The first-order chi connectivity index (χ1) is 13.9. The Kier molecular flexibility index (Phi) is 6.84. The highest BCUT2D eigenvalue weighted by Crippen LogP contribution is 2.34. The van der Waals surface area contributed by atoms with Crippen molar-refractivity contribution in [3.63, 3.8) is 0 Å². The van der Waals surface area contributed by atoms with E-state index in [1.165, 1.54) is 6.08 Å². The molecule has 1 saturated heterocycles. The van der Waals surface area contributed by atoms with E-state index in [4.69, 9.17) is 27.9 Å². The third kappa shape index (κ3) is 5.32. The summed E-state index contributed by atoms with van der Waals surface area (Å²) in [4.78, 5) is 38.3. The predicted octanol–water partition coefficient (Wildman–Crippen LogP) is 5.07. The summed E-state index contributed by atoms with van der Waals surface area (Å²) in [5.41, 5.74) is 1.05. The molecule has 0 atom stereocenters. The summed E-state index contributed by atoms with van der Waals surface area (Å²) < 4.78 is 5.53. The van der Waals surface area contributed by atoms with Crippen LogP contribution in [0.2, 0.25) is 10.0 Å². The Morgan fingerprint density at radius 2 is 1.93 bits per heavy atom. The fraction of sp³-hybridized carbons (Fsp3) is 0.150. The molecule has 1 aliphatic rings.